The van der Waals surface area contributed by atoms with Gasteiger partial charge in [0.2, 0.25) is 0 Å². The fourth-order valence-corrected chi connectivity index (χ4v) is 1.91. The molecule has 0 atom stereocenters. The number of alkyl halides is 2. The summed E-state index contributed by atoms with van der Waals surface area (Å²) >= 11 is 1.18. The Morgan fingerprint density at radius 1 is 1.62 bits per heavy atom. The smallest absolute Gasteiger partial charge is 0.355 e. The summed E-state index contributed by atoms with van der Waals surface area (Å²) < 4.78 is 26.0. The van der Waals surface area contributed by atoms with Crippen LogP contribution in [0.25, 0.3) is 0 Å². The van der Waals surface area contributed by atoms with Crippen LogP contribution in [0.4, 0.5) is 8.78 Å². The molecule has 0 saturated carbocycles. The van der Waals surface area contributed by atoms with Crippen molar-refractivity contribution in [3.05, 3.63) is 23.5 Å². The largest absolute Gasteiger partial charge is 0.476 e. The highest BCUT2D eigenvalue weighted by atomic mass is 32.2. The Balaban J connectivity index is 3.22. The standard InChI is InChI=1S/C10H11F2NO2S/c1-3-16-7-4-6(10(2,11)12)5-13-8(7)9(14)15/h4-5H,3H2,1-2H3,(H,14,15). The van der Waals surface area contributed by atoms with E-state index in [1.165, 1.54) is 17.8 Å². The zero-order chi connectivity index (χ0) is 12.3. The third kappa shape index (κ3) is 2.91. The summed E-state index contributed by atoms with van der Waals surface area (Å²) in [5, 5.41) is 8.82. The van der Waals surface area contributed by atoms with Crippen LogP contribution >= 0.6 is 11.8 Å². The maximum absolute atomic E-state index is 13.0. The average molecular weight is 247 g/mol. The Morgan fingerprint density at radius 2 is 2.25 bits per heavy atom. The Morgan fingerprint density at radius 3 is 2.69 bits per heavy atom. The summed E-state index contributed by atoms with van der Waals surface area (Å²) in [6, 6.07) is 1.19. The molecule has 1 N–H and O–H groups in total. The van der Waals surface area contributed by atoms with Crippen LogP contribution in [0.1, 0.15) is 29.9 Å². The van der Waals surface area contributed by atoms with Gasteiger partial charge in [0.05, 0.1) is 0 Å². The number of thioether (sulfide) groups is 1. The van der Waals surface area contributed by atoms with Crippen LogP contribution in [0.3, 0.4) is 0 Å². The molecule has 1 aromatic rings. The van der Waals surface area contributed by atoms with Gasteiger partial charge in [-0.05, 0) is 11.8 Å². The van der Waals surface area contributed by atoms with Crippen molar-refractivity contribution in [3.8, 4) is 0 Å². The van der Waals surface area contributed by atoms with Crippen LogP contribution in [0, 0.1) is 0 Å². The molecule has 16 heavy (non-hydrogen) atoms. The van der Waals surface area contributed by atoms with E-state index < -0.39 is 11.9 Å². The van der Waals surface area contributed by atoms with Gasteiger partial charge < -0.3 is 5.11 Å². The number of hydrogen-bond acceptors (Lipinski definition) is 3. The summed E-state index contributed by atoms with van der Waals surface area (Å²) in [6.45, 7) is 2.57. The number of carbonyl (C=O) groups is 1. The number of halogens is 2. The number of carboxylic acids is 1. The molecule has 1 heterocycles. The van der Waals surface area contributed by atoms with Crippen molar-refractivity contribution in [2.75, 3.05) is 5.75 Å². The first-order valence-corrected chi connectivity index (χ1v) is 5.59. The lowest BCUT2D eigenvalue weighted by Gasteiger charge is -2.12. The number of aromatic nitrogens is 1. The summed E-state index contributed by atoms with van der Waals surface area (Å²) in [7, 11) is 0. The number of rotatable bonds is 4. The molecule has 0 amide bonds. The molecular formula is C10H11F2NO2S. The van der Waals surface area contributed by atoms with Gasteiger partial charge in [0, 0.05) is 23.6 Å². The fraction of sp³-hybridized carbons (Fsp3) is 0.400. The minimum Gasteiger partial charge on any atom is -0.476 e. The molecule has 0 aromatic carbocycles. The molecule has 6 heteroatoms. The molecule has 0 aliphatic heterocycles. The Hall–Kier alpha value is -1.17. The first kappa shape index (κ1) is 12.9. The molecule has 0 aliphatic rings. The van der Waals surface area contributed by atoms with E-state index in [1.54, 1.807) is 0 Å². The molecule has 0 aliphatic carbocycles. The summed E-state index contributed by atoms with van der Waals surface area (Å²) in [4.78, 5) is 14.6. The second kappa shape index (κ2) is 4.78. The van der Waals surface area contributed by atoms with E-state index in [2.05, 4.69) is 4.98 Å². The molecule has 0 saturated heterocycles. The van der Waals surface area contributed by atoms with Gasteiger partial charge >= 0.3 is 5.97 Å². The zero-order valence-electron chi connectivity index (χ0n) is 8.83. The van der Waals surface area contributed by atoms with Crippen LogP contribution < -0.4 is 0 Å². The van der Waals surface area contributed by atoms with Crippen LogP contribution in [0.5, 0.6) is 0 Å². The highest BCUT2D eigenvalue weighted by molar-refractivity contribution is 7.99. The lowest BCUT2D eigenvalue weighted by atomic mass is 10.1. The molecule has 0 radical (unpaired) electrons. The molecule has 0 fully saturated rings. The number of carboxylic acid groups (broad SMARTS) is 1. The van der Waals surface area contributed by atoms with Crippen molar-refractivity contribution in [1.29, 1.82) is 0 Å². The molecule has 0 unspecified atom stereocenters. The highest BCUT2D eigenvalue weighted by Crippen LogP contribution is 2.31. The Bertz CT molecular complexity index is 404. The van der Waals surface area contributed by atoms with Gasteiger partial charge in [0.15, 0.2) is 5.69 Å². The van der Waals surface area contributed by atoms with Crippen molar-refractivity contribution < 1.29 is 18.7 Å². The van der Waals surface area contributed by atoms with Gasteiger partial charge in [-0.15, -0.1) is 11.8 Å². The van der Waals surface area contributed by atoms with Crippen LogP contribution in [0.15, 0.2) is 17.2 Å². The van der Waals surface area contributed by atoms with Gasteiger partial charge in [-0.1, -0.05) is 6.92 Å². The minimum atomic E-state index is -3.01. The number of nitrogens with zero attached hydrogens (tertiary/aromatic N) is 1. The predicted octanol–water partition coefficient (Wildman–Crippen LogP) is 3.00. The van der Waals surface area contributed by atoms with E-state index in [-0.39, 0.29) is 16.2 Å². The van der Waals surface area contributed by atoms with E-state index in [4.69, 9.17) is 5.11 Å². The van der Waals surface area contributed by atoms with Crippen molar-refractivity contribution in [2.45, 2.75) is 24.7 Å². The number of pyridine rings is 1. The summed E-state index contributed by atoms with van der Waals surface area (Å²) in [6.07, 6.45) is 0.906. The fourth-order valence-electron chi connectivity index (χ4n) is 1.11. The minimum absolute atomic E-state index is 0.181. The zero-order valence-corrected chi connectivity index (χ0v) is 9.65. The van der Waals surface area contributed by atoms with E-state index in [0.717, 1.165) is 13.1 Å². The molecule has 1 rings (SSSR count). The van der Waals surface area contributed by atoms with Crippen molar-refractivity contribution >= 4 is 17.7 Å². The quantitative estimate of drug-likeness (QED) is 0.831. The molecule has 3 nitrogen and oxygen atoms in total. The van der Waals surface area contributed by atoms with E-state index in [9.17, 15) is 13.6 Å². The normalized spacial score (nSPS) is 11.5. The Labute approximate surface area is 95.9 Å². The van der Waals surface area contributed by atoms with Crippen molar-refractivity contribution in [3.63, 3.8) is 0 Å². The predicted molar refractivity (Wildman–Crippen MR) is 57.2 cm³/mol. The van der Waals surface area contributed by atoms with E-state index >= 15 is 0 Å². The maximum atomic E-state index is 13.0. The third-order valence-electron chi connectivity index (χ3n) is 1.86. The molecule has 1 aromatic heterocycles. The second-order valence-electron chi connectivity index (χ2n) is 3.20. The van der Waals surface area contributed by atoms with Gasteiger partial charge in [-0.2, -0.15) is 0 Å². The van der Waals surface area contributed by atoms with Crippen LogP contribution in [0.2, 0.25) is 0 Å². The van der Waals surface area contributed by atoms with Crippen molar-refractivity contribution in [1.82, 2.24) is 4.98 Å². The lowest BCUT2D eigenvalue weighted by molar-refractivity contribution is 0.0167. The summed E-state index contributed by atoms with van der Waals surface area (Å²) in [5.41, 5.74) is -0.451. The van der Waals surface area contributed by atoms with Crippen LogP contribution in [-0.2, 0) is 5.92 Å². The van der Waals surface area contributed by atoms with Gasteiger partial charge in [0.25, 0.3) is 5.92 Å². The third-order valence-corrected chi connectivity index (χ3v) is 2.77. The maximum Gasteiger partial charge on any atom is 0.355 e. The number of aromatic carboxylic acids is 1. The molecule has 0 spiro atoms. The van der Waals surface area contributed by atoms with Gasteiger partial charge in [-0.25, -0.2) is 18.6 Å². The van der Waals surface area contributed by atoms with Gasteiger partial charge in [-0.3, -0.25) is 0 Å². The van der Waals surface area contributed by atoms with Crippen LogP contribution in [-0.4, -0.2) is 21.8 Å². The molecule has 88 valence electrons. The van der Waals surface area contributed by atoms with Gasteiger partial charge in [0.1, 0.15) is 0 Å². The average Bonchev–Trinajstić information content (AvgIpc) is 2.16. The first-order valence-electron chi connectivity index (χ1n) is 4.60. The number of hydrogen-bond donors (Lipinski definition) is 1. The first-order chi connectivity index (χ1) is 7.36. The molecular weight excluding hydrogens is 236 g/mol. The second-order valence-corrected chi connectivity index (χ2v) is 4.50. The van der Waals surface area contributed by atoms with Crippen molar-refractivity contribution in [2.24, 2.45) is 0 Å². The molecule has 0 bridgehead atoms. The SMILES string of the molecule is CCSc1cc(C(C)(F)F)cnc1C(=O)O. The summed E-state index contributed by atoms with van der Waals surface area (Å²) in [5.74, 6) is -3.62. The topological polar surface area (TPSA) is 50.2 Å². The highest BCUT2D eigenvalue weighted by Gasteiger charge is 2.26. The van der Waals surface area contributed by atoms with E-state index in [0.29, 0.717) is 5.75 Å². The van der Waals surface area contributed by atoms with E-state index in [1.807, 2.05) is 6.92 Å². The lowest BCUT2D eigenvalue weighted by Crippen LogP contribution is -2.11. The Kier molecular flexibility index (Phi) is 3.85. The monoisotopic (exact) mass is 247 g/mol.